The van der Waals surface area contributed by atoms with Gasteiger partial charge in [-0.05, 0) is 109 Å². The Morgan fingerprint density at radius 1 is 0.359 bits per heavy atom. The number of rotatable bonds is 49. The Bertz CT molecular complexity index is 1190. The molecule has 0 amide bonds. The van der Waals surface area contributed by atoms with Crippen molar-refractivity contribution in [2.45, 2.75) is 258 Å². The van der Waals surface area contributed by atoms with Gasteiger partial charge in [0.25, 0.3) is 0 Å². The minimum atomic E-state index is -0.574. The van der Waals surface area contributed by atoms with E-state index in [-0.39, 0.29) is 25.2 Å². The van der Waals surface area contributed by atoms with Crippen LogP contribution in [-0.4, -0.2) is 37.9 Å². The molecule has 0 heterocycles. The van der Waals surface area contributed by atoms with Crippen molar-refractivity contribution in [3.05, 3.63) is 85.1 Å². The second kappa shape index (κ2) is 54.4. The molecule has 1 atom stereocenters. The van der Waals surface area contributed by atoms with Gasteiger partial charge < -0.3 is 14.2 Å². The van der Waals surface area contributed by atoms with E-state index in [9.17, 15) is 9.59 Å². The van der Waals surface area contributed by atoms with E-state index in [4.69, 9.17) is 14.2 Å². The lowest BCUT2D eigenvalue weighted by Gasteiger charge is -2.18. The molecule has 64 heavy (non-hydrogen) atoms. The fourth-order valence-corrected chi connectivity index (χ4v) is 7.36. The van der Waals surface area contributed by atoms with E-state index in [0.29, 0.717) is 19.4 Å². The molecular weight excluding hydrogens is 789 g/mol. The second-order valence-electron chi connectivity index (χ2n) is 17.7. The van der Waals surface area contributed by atoms with Crippen molar-refractivity contribution in [2.75, 3.05) is 19.8 Å². The Hall–Kier alpha value is -2.92. The first-order chi connectivity index (χ1) is 31.6. The van der Waals surface area contributed by atoms with E-state index in [0.717, 1.165) is 89.9 Å². The van der Waals surface area contributed by atoms with Crippen molar-refractivity contribution >= 4 is 11.9 Å². The van der Waals surface area contributed by atoms with Crippen molar-refractivity contribution in [3.63, 3.8) is 0 Å². The van der Waals surface area contributed by atoms with Gasteiger partial charge >= 0.3 is 11.9 Å². The monoisotopic (exact) mass is 891 g/mol. The summed E-state index contributed by atoms with van der Waals surface area (Å²) in [5.41, 5.74) is 0. The summed E-state index contributed by atoms with van der Waals surface area (Å²) in [5.74, 6) is -0.440. The molecule has 0 aromatic carbocycles. The van der Waals surface area contributed by atoms with Crippen LogP contribution >= 0.6 is 0 Å². The summed E-state index contributed by atoms with van der Waals surface area (Å²) in [6, 6.07) is 0. The van der Waals surface area contributed by atoms with Gasteiger partial charge in [0, 0.05) is 19.4 Å². The molecule has 0 aromatic rings. The van der Waals surface area contributed by atoms with Crippen LogP contribution < -0.4 is 0 Å². The van der Waals surface area contributed by atoms with Crippen molar-refractivity contribution < 1.29 is 23.8 Å². The van der Waals surface area contributed by atoms with E-state index in [2.05, 4.69) is 106 Å². The largest absolute Gasteiger partial charge is 0.462 e. The molecule has 0 N–H and O–H groups in total. The highest BCUT2D eigenvalue weighted by Gasteiger charge is 2.17. The lowest BCUT2D eigenvalue weighted by Crippen LogP contribution is -2.30. The Morgan fingerprint density at radius 3 is 1.17 bits per heavy atom. The Labute approximate surface area is 397 Å². The molecule has 0 radical (unpaired) electrons. The van der Waals surface area contributed by atoms with Crippen LogP contribution in [-0.2, 0) is 23.8 Å². The molecule has 0 fully saturated rings. The maximum absolute atomic E-state index is 12.8. The third-order valence-electron chi connectivity index (χ3n) is 11.4. The van der Waals surface area contributed by atoms with E-state index in [1.165, 1.54) is 128 Å². The highest BCUT2D eigenvalue weighted by atomic mass is 16.6. The molecule has 0 bridgehead atoms. The van der Waals surface area contributed by atoms with Crippen molar-refractivity contribution in [1.82, 2.24) is 0 Å². The fourth-order valence-electron chi connectivity index (χ4n) is 7.36. The van der Waals surface area contributed by atoms with Gasteiger partial charge in [-0.2, -0.15) is 0 Å². The fraction of sp³-hybridized carbons (Fsp3) is 0.729. The number of unbranched alkanes of at least 4 members (excludes halogenated alkanes) is 24. The molecule has 0 spiro atoms. The number of carbonyl (C=O) groups is 2. The van der Waals surface area contributed by atoms with Crippen LogP contribution in [0, 0.1) is 0 Å². The molecule has 5 heteroatoms. The summed E-state index contributed by atoms with van der Waals surface area (Å²) in [4.78, 5) is 25.4. The number of allylic oxidation sites excluding steroid dienone is 14. The average molecular weight is 891 g/mol. The van der Waals surface area contributed by atoms with Crippen LogP contribution in [0.5, 0.6) is 0 Å². The highest BCUT2D eigenvalue weighted by molar-refractivity contribution is 5.70. The summed E-state index contributed by atoms with van der Waals surface area (Å²) in [5, 5.41) is 0. The molecule has 1 unspecified atom stereocenters. The predicted molar refractivity (Wildman–Crippen MR) is 279 cm³/mol. The smallest absolute Gasteiger partial charge is 0.306 e. The van der Waals surface area contributed by atoms with Crippen LogP contribution in [0.25, 0.3) is 0 Å². The zero-order valence-corrected chi connectivity index (χ0v) is 42.3. The van der Waals surface area contributed by atoms with Crippen molar-refractivity contribution in [2.24, 2.45) is 0 Å². The van der Waals surface area contributed by atoms with Crippen LogP contribution in [0.3, 0.4) is 0 Å². The number of ether oxygens (including phenoxy) is 3. The lowest BCUT2D eigenvalue weighted by molar-refractivity contribution is -0.163. The Kier molecular flexibility index (Phi) is 51.9. The van der Waals surface area contributed by atoms with Crippen LogP contribution in [0.1, 0.15) is 252 Å². The van der Waals surface area contributed by atoms with Crippen molar-refractivity contribution in [3.8, 4) is 0 Å². The van der Waals surface area contributed by atoms with Gasteiger partial charge in [-0.15, -0.1) is 0 Å². The number of carbonyl (C=O) groups excluding carboxylic acids is 2. The first-order valence-electron chi connectivity index (χ1n) is 27.1. The van der Waals surface area contributed by atoms with Crippen LogP contribution in [0.4, 0.5) is 0 Å². The molecule has 368 valence electrons. The van der Waals surface area contributed by atoms with Crippen LogP contribution in [0.2, 0.25) is 0 Å². The van der Waals surface area contributed by atoms with E-state index in [1.807, 2.05) is 0 Å². The molecule has 0 rings (SSSR count). The van der Waals surface area contributed by atoms with E-state index < -0.39 is 6.10 Å². The van der Waals surface area contributed by atoms with Gasteiger partial charge in [0.2, 0.25) is 0 Å². The molecule has 0 aliphatic rings. The zero-order valence-electron chi connectivity index (χ0n) is 42.3. The lowest BCUT2D eigenvalue weighted by atomic mass is 10.1. The predicted octanol–water partition coefficient (Wildman–Crippen LogP) is 18.5. The second-order valence-corrected chi connectivity index (χ2v) is 17.7. The Morgan fingerprint density at radius 2 is 0.703 bits per heavy atom. The summed E-state index contributed by atoms with van der Waals surface area (Å²) in [6.45, 7) is 7.55. The maximum Gasteiger partial charge on any atom is 0.306 e. The van der Waals surface area contributed by atoms with Gasteiger partial charge in [0.15, 0.2) is 6.10 Å². The third kappa shape index (κ3) is 51.7. The standard InChI is InChI=1S/C59H102O5/c1-4-7-10-13-16-19-22-25-28-29-30-31-33-34-37-40-43-46-49-52-58(60)63-56-57(55-62-54-51-48-45-42-39-36-27-24-21-18-15-12-9-6-3)64-59(61)53-50-47-44-41-38-35-32-26-23-20-17-14-11-8-5-2/h9,12,16,18-19,21,25-28,32,36,42,45,57H,4-8,10-11,13-15,17,20,22-24,29-31,33-35,37-41,43-44,46-56H2,1-3H3/b12-9-,19-16-,21-18-,28-25-,32-26-,36-27-,45-42-. The zero-order chi connectivity index (χ0) is 46.3. The molecule has 5 nitrogen and oxygen atoms in total. The first kappa shape index (κ1) is 61.1. The molecule has 0 saturated carbocycles. The SMILES string of the molecule is CC/C=C\C/C=C\C/C=C\C/C=C\CCCOCC(COC(=O)CCCCCCCCCCC/C=C\C/C=C\CCCCC)OC(=O)CCCCCCC/C=C\CCCCCCCC. The van der Waals surface area contributed by atoms with Gasteiger partial charge in [-0.1, -0.05) is 215 Å². The third-order valence-corrected chi connectivity index (χ3v) is 11.4. The summed E-state index contributed by atoms with van der Waals surface area (Å²) in [7, 11) is 0. The minimum absolute atomic E-state index is 0.0553. The number of hydrogen-bond acceptors (Lipinski definition) is 5. The first-order valence-corrected chi connectivity index (χ1v) is 27.1. The van der Waals surface area contributed by atoms with E-state index >= 15 is 0 Å². The molecule has 0 aromatic heterocycles. The molecule has 0 saturated heterocycles. The minimum Gasteiger partial charge on any atom is -0.462 e. The summed E-state index contributed by atoms with van der Waals surface area (Å²) >= 11 is 0. The van der Waals surface area contributed by atoms with Crippen LogP contribution in [0.15, 0.2) is 85.1 Å². The van der Waals surface area contributed by atoms with Gasteiger partial charge in [0.1, 0.15) is 6.61 Å². The van der Waals surface area contributed by atoms with E-state index in [1.54, 1.807) is 0 Å². The number of hydrogen-bond donors (Lipinski definition) is 0. The van der Waals surface area contributed by atoms with Gasteiger partial charge in [-0.25, -0.2) is 0 Å². The topological polar surface area (TPSA) is 61.8 Å². The molecule has 0 aliphatic heterocycles. The highest BCUT2D eigenvalue weighted by Crippen LogP contribution is 2.14. The molecular formula is C59H102O5. The summed E-state index contributed by atoms with van der Waals surface area (Å²) < 4.78 is 17.4. The van der Waals surface area contributed by atoms with Gasteiger partial charge in [-0.3, -0.25) is 9.59 Å². The molecule has 0 aliphatic carbocycles. The summed E-state index contributed by atoms with van der Waals surface area (Å²) in [6.07, 6.45) is 71.8. The van der Waals surface area contributed by atoms with Gasteiger partial charge in [0.05, 0.1) is 6.61 Å². The quantitative estimate of drug-likeness (QED) is 0.0346. The normalized spacial score (nSPS) is 12.9. The number of esters is 2. The van der Waals surface area contributed by atoms with Crippen molar-refractivity contribution in [1.29, 1.82) is 0 Å². The average Bonchev–Trinajstić information content (AvgIpc) is 3.30. The Balaban J connectivity index is 4.33. The maximum atomic E-state index is 12.8.